The predicted octanol–water partition coefficient (Wildman–Crippen LogP) is 5.01. The summed E-state index contributed by atoms with van der Waals surface area (Å²) in [7, 11) is 0. The highest BCUT2D eigenvalue weighted by Crippen LogP contribution is 2.36. The van der Waals surface area contributed by atoms with Crippen LogP contribution in [0.25, 0.3) is 11.0 Å². The zero-order valence-corrected chi connectivity index (χ0v) is 16.8. The molecule has 0 amide bonds. The Kier molecular flexibility index (Phi) is 5.58. The summed E-state index contributed by atoms with van der Waals surface area (Å²) in [5.74, 6) is -0.248. The highest BCUT2D eigenvalue weighted by molar-refractivity contribution is 6.32. The molecule has 0 saturated carbocycles. The van der Waals surface area contributed by atoms with E-state index in [4.69, 9.17) is 25.5 Å². The van der Waals surface area contributed by atoms with Gasteiger partial charge in [0, 0.05) is 22.6 Å². The Bertz CT molecular complexity index is 1100. The number of hydrogen-bond acceptors (Lipinski definition) is 5. The monoisotopic (exact) mass is 412 g/mol. The molecule has 0 radical (unpaired) electrons. The van der Waals surface area contributed by atoms with Gasteiger partial charge in [-0.2, -0.15) is 0 Å². The molecule has 150 valence electrons. The highest BCUT2D eigenvalue weighted by atomic mass is 35.5. The molecule has 5 nitrogen and oxygen atoms in total. The van der Waals surface area contributed by atoms with E-state index in [2.05, 4.69) is 0 Å². The van der Waals surface area contributed by atoms with Crippen LogP contribution in [0.4, 0.5) is 0 Å². The van der Waals surface area contributed by atoms with Gasteiger partial charge in [-0.3, -0.25) is 0 Å². The van der Waals surface area contributed by atoms with Crippen molar-refractivity contribution in [1.29, 1.82) is 0 Å². The third-order valence-electron chi connectivity index (χ3n) is 5.12. The van der Waals surface area contributed by atoms with E-state index in [1.807, 2.05) is 18.2 Å². The summed E-state index contributed by atoms with van der Waals surface area (Å²) < 4.78 is 16.7. The van der Waals surface area contributed by atoms with Crippen LogP contribution in [0.5, 0.6) is 5.75 Å². The summed E-state index contributed by atoms with van der Waals surface area (Å²) in [6.07, 6.45) is 2.58. The molecular formula is C23H21ClO5. The lowest BCUT2D eigenvalue weighted by Crippen LogP contribution is -2.21. The number of rotatable bonds is 5. The maximum absolute atomic E-state index is 12.5. The SMILES string of the molecule is CCOC(=O)[C@@H](Oc1cc2oc(=O)c3c(c2cc1Cl)CCCC3)c1ccccc1. The summed E-state index contributed by atoms with van der Waals surface area (Å²) in [5.41, 5.74) is 2.48. The van der Waals surface area contributed by atoms with Crippen LogP contribution in [-0.2, 0) is 22.4 Å². The van der Waals surface area contributed by atoms with Crippen LogP contribution in [-0.4, -0.2) is 12.6 Å². The summed E-state index contributed by atoms with van der Waals surface area (Å²) in [5, 5.41) is 1.17. The van der Waals surface area contributed by atoms with Gasteiger partial charge in [0.05, 0.1) is 11.6 Å². The Morgan fingerprint density at radius 2 is 1.86 bits per heavy atom. The second-order valence-corrected chi connectivity index (χ2v) is 7.40. The van der Waals surface area contributed by atoms with Gasteiger partial charge in [0.1, 0.15) is 11.3 Å². The first-order chi connectivity index (χ1) is 14.1. The first-order valence-electron chi connectivity index (χ1n) is 9.75. The molecule has 0 N–H and O–H groups in total. The van der Waals surface area contributed by atoms with E-state index in [1.165, 1.54) is 0 Å². The molecule has 0 spiro atoms. The number of hydrogen-bond donors (Lipinski definition) is 0. The Hall–Kier alpha value is -2.79. The summed E-state index contributed by atoms with van der Waals surface area (Å²) in [6.45, 7) is 1.97. The predicted molar refractivity (Wildman–Crippen MR) is 111 cm³/mol. The van der Waals surface area contributed by atoms with Crippen LogP contribution in [0.1, 0.15) is 42.6 Å². The molecule has 1 aliphatic carbocycles. The standard InChI is InChI=1S/C23H21ClO5/c1-2-27-23(26)21(14-8-4-3-5-9-14)28-20-13-19-17(12-18(20)24)15-10-6-7-11-16(15)22(25)29-19/h3-5,8-9,12-13,21H,2,6-7,10-11H2,1H3/t21-/m0/s1. The van der Waals surface area contributed by atoms with E-state index < -0.39 is 12.1 Å². The van der Waals surface area contributed by atoms with Crippen molar-refractivity contribution >= 4 is 28.5 Å². The Labute approximate surface area is 173 Å². The normalized spacial score (nSPS) is 14.3. The number of benzene rings is 2. The largest absolute Gasteiger partial charge is 0.472 e. The van der Waals surface area contributed by atoms with Crippen LogP contribution < -0.4 is 10.4 Å². The van der Waals surface area contributed by atoms with Gasteiger partial charge in [-0.1, -0.05) is 41.9 Å². The molecule has 1 aromatic heterocycles. The maximum Gasteiger partial charge on any atom is 0.352 e. The van der Waals surface area contributed by atoms with Crippen LogP contribution in [0.3, 0.4) is 0 Å². The van der Waals surface area contributed by atoms with Crippen molar-refractivity contribution < 1.29 is 18.7 Å². The van der Waals surface area contributed by atoms with Crippen LogP contribution in [0.2, 0.25) is 5.02 Å². The molecule has 4 rings (SSSR count). The number of ether oxygens (including phenoxy) is 2. The van der Waals surface area contributed by atoms with Gasteiger partial charge in [-0.15, -0.1) is 0 Å². The minimum Gasteiger partial charge on any atom is -0.472 e. The van der Waals surface area contributed by atoms with Crippen molar-refractivity contribution in [2.75, 3.05) is 6.61 Å². The molecule has 0 saturated heterocycles. The van der Waals surface area contributed by atoms with Gasteiger partial charge in [-0.25, -0.2) is 9.59 Å². The highest BCUT2D eigenvalue weighted by Gasteiger charge is 2.26. The van der Waals surface area contributed by atoms with Gasteiger partial charge in [0.25, 0.3) is 0 Å². The fourth-order valence-corrected chi connectivity index (χ4v) is 3.97. The lowest BCUT2D eigenvalue weighted by molar-refractivity contribution is -0.151. The molecule has 1 heterocycles. The summed E-state index contributed by atoms with van der Waals surface area (Å²) in [6, 6.07) is 12.4. The number of halogens is 1. The van der Waals surface area contributed by atoms with Crippen molar-refractivity contribution in [1.82, 2.24) is 0 Å². The number of carbonyl (C=O) groups excluding carboxylic acids is 1. The van der Waals surface area contributed by atoms with Crippen LogP contribution in [0.15, 0.2) is 51.7 Å². The van der Waals surface area contributed by atoms with E-state index in [0.717, 1.165) is 42.2 Å². The zero-order chi connectivity index (χ0) is 20.4. The smallest absolute Gasteiger partial charge is 0.352 e. The van der Waals surface area contributed by atoms with Crippen LogP contribution in [0, 0.1) is 0 Å². The lowest BCUT2D eigenvalue weighted by Gasteiger charge is -2.20. The second-order valence-electron chi connectivity index (χ2n) is 6.99. The number of aryl methyl sites for hydroxylation is 1. The van der Waals surface area contributed by atoms with Gasteiger partial charge >= 0.3 is 11.6 Å². The van der Waals surface area contributed by atoms with Gasteiger partial charge in [0.15, 0.2) is 0 Å². The second kappa shape index (κ2) is 8.29. The molecule has 0 bridgehead atoms. The molecule has 0 aliphatic heterocycles. The topological polar surface area (TPSA) is 65.7 Å². The van der Waals surface area contributed by atoms with Crippen molar-refractivity contribution in [2.45, 2.75) is 38.7 Å². The quantitative estimate of drug-likeness (QED) is 0.435. The molecule has 1 aliphatic rings. The molecule has 29 heavy (non-hydrogen) atoms. The van der Waals surface area contributed by atoms with E-state index >= 15 is 0 Å². The fourth-order valence-electron chi connectivity index (χ4n) is 3.76. The molecule has 6 heteroatoms. The number of esters is 1. The van der Waals surface area contributed by atoms with E-state index in [1.54, 1.807) is 31.2 Å². The van der Waals surface area contributed by atoms with Gasteiger partial charge < -0.3 is 13.9 Å². The van der Waals surface area contributed by atoms with Crippen molar-refractivity contribution in [3.63, 3.8) is 0 Å². The van der Waals surface area contributed by atoms with E-state index in [9.17, 15) is 9.59 Å². The molecule has 0 fully saturated rings. The van der Waals surface area contributed by atoms with Crippen molar-refractivity contribution in [3.8, 4) is 5.75 Å². The first kappa shape index (κ1) is 19.5. The van der Waals surface area contributed by atoms with Crippen molar-refractivity contribution in [2.24, 2.45) is 0 Å². The Morgan fingerprint density at radius 3 is 2.59 bits per heavy atom. The minimum atomic E-state index is -0.976. The fraction of sp³-hybridized carbons (Fsp3) is 0.304. The van der Waals surface area contributed by atoms with E-state index in [-0.39, 0.29) is 18.0 Å². The average molecular weight is 413 g/mol. The van der Waals surface area contributed by atoms with Gasteiger partial charge in [0.2, 0.25) is 6.10 Å². The third-order valence-corrected chi connectivity index (χ3v) is 5.42. The van der Waals surface area contributed by atoms with E-state index in [0.29, 0.717) is 16.2 Å². The summed E-state index contributed by atoms with van der Waals surface area (Å²) in [4.78, 5) is 24.9. The molecule has 0 unspecified atom stereocenters. The minimum absolute atomic E-state index is 0.234. The maximum atomic E-state index is 12.5. The van der Waals surface area contributed by atoms with Crippen molar-refractivity contribution in [3.05, 3.63) is 74.6 Å². The Morgan fingerprint density at radius 1 is 1.14 bits per heavy atom. The van der Waals surface area contributed by atoms with Gasteiger partial charge in [-0.05, 0) is 44.2 Å². The average Bonchev–Trinajstić information content (AvgIpc) is 2.74. The first-order valence-corrected chi connectivity index (χ1v) is 10.1. The number of carbonyl (C=O) groups is 1. The molecule has 1 atom stereocenters. The zero-order valence-electron chi connectivity index (χ0n) is 16.1. The summed E-state index contributed by atoms with van der Waals surface area (Å²) >= 11 is 6.50. The molecule has 3 aromatic rings. The number of fused-ring (bicyclic) bond motifs is 3. The molecular weight excluding hydrogens is 392 g/mol. The molecule has 2 aromatic carbocycles. The Balaban J connectivity index is 1.77. The lowest BCUT2D eigenvalue weighted by atomic mass is 9.90. The third kappa shape index (κ3) is 3.87. The van der Waals surface area contributed by atoms with Crippen LogP contribution >= 0.6 is 11.6 Å².